The maximum Gasteiger partial charge on any atom is 0.275 e. The molecule has 0 aliphatic carbocycles. The maximum atomic E-state index is 12.4. The molecule has 3 aromatic rings. The highest BCUT2D eigenvalue weighted by Crippen LogP contribution is 2.36. The molecule has 0 radical (unpaired) electrons. The maximum absolute atomic E-state index is 12.4. The highest BCUT2D eigenvalue weighted by molar-refractivity contribution is 9.10. The number of aromatic nitrogens is 1. The number of rotatable bonds is 7. The van der Waals surface area contributed by atoms with E-state index < -0.39 is 5.91 Å². The highest BCUT2D eigenvalue weighted by atomic mass is 79.9. The fourth-order valence-electron chi connectivity index (χ4n) is 5.38. The zero-order valence-electron chi connectivity index (χ0n) is 20.6. The second-order valence-electron chi connectivity index (χ2n) is 9.55. The van der Waals surface area contributed by atoms with Crippen molar-refractivity contribution in [2.75, 3.05) is 19.7 Å². The Morgan fingerprint density at radius 1 is 1.19 bits per heavy atom. The first kappa shape index (κ1) is 25.2. The quantitative estimate of drug-likeness (QED) is 0.332. The number of likely N-dealkylation sites (tertiary alicyclic amines) is 1. The van der Waals surface area contributed by atoms with E-state index in [1.54, 1.807) is 18.3 Å². The molecule has 1 fully saturated rings. The molecule has 9 heteroatoms. The molecule has 2 aliphatic heterocycles. The second-order valence-corrected chi connectivity index (χ2v) is 10.5. The molecule has 3 heterocycles. The molecule has 0 saturated carbocycles. The van der Waals surface area contributed by atoms with Crippen LogP contribution < -0.4 is 15.7 Å². The van der Waals surface area contributed by atoms with E-state index in [2.05, 4.69) is 37.4 Å². The van der Waals surface area contributed by atoms with Crippen molar-refractivity contribution < 1.29 is 14.6 Å². The monoisotopic (exact) mass is 564 g/mol. The topological polar surface area (TPSA) is 96.2 Å². The molecule has 0 spiro atoms. The van der Waals surface area contributed by atoms with Gasteiger partial charge in [0.2, 0.25) is 0 Å². The van der Waals surface area contributed by atoms with Gasteiger partial charge in [0.15, 0.2) is 0 Å². The SMILES string of the molecule is CCOc1ccc(/C=N/NC(=O)c2cc(Br)ccc2O)cc1CN1CC2CC(C1)c1cccc(=O)n1C2. The van der Waals surface area contributed by atoms with Gasteiger partial charge < -0.3 is 14.4 Å². The molecule has 2 N–H and O–H groups in total. The van der Waals surface area contributed by atoms with Gasteiger partial charge in [-0.2, -0.15) is 5.10 Å². The largest absolute Gasteiger partial charge is 0.507 e. The molecule has 2 unspecified atom stereocenters. The lowest BCUT2D eigenvalue weighted by Gasteiger charge is -2.43. The summed E-state index contributed by atoms with van der Waals surface area (Å²) in [5.74, 6) is 0.997. The summed E-state index contributed by atoms with van der Waals surface area (Å²) in [5, 5.41) is 14.0. The van der Waals surface area contributed by atoms with Gasteiger partial charge in [-0.1, -0.05) is 22.0 Å². The van der Waals surface area contributed by atoms with Crippen LogP contribution >= 0.6 is 15.9 Å². The van der Waals surface area contributed by atoms with Gasteiger partial charge in [-0.25, -0.2) is 5.43 Å². The number of amides is 1. The lowest BCUT2D eigenvalue weighted by molar-refractivity contribution is 0.0952. The summed E-state index contributed by atoms with van der Waals surface area (Å²) < 4.78 is 8.54. The molecule has 2 aromatic carbocycles. The number of halogens is 1. The molecule has 2 atom stereocenters. The van der Waals surface area contributed by atoms with E-state index in [0.29, 0.717) is 22.9 Å². The Morgan fingerprint density at radius 3 is 2.89 bits per heavy atom. The number of benzene rings is 2. The van der Waals surface area contributed by atoms with Crippen LogP contribution in [0.1, 0.15) is 46.4 Å². The number of pyridine rings is 1. The van der Waals surface area contributed by atoms with Gasteiger partial charge in [0, 0.05) is 53.9 Å². The van der Waals surface area contributed by atoms with Crippen LogP contribution in [0.4, 0.5) is 0 Å². The normalized spacial score (nSPS) is 19.0. The molecular formula is C28H29BrN4O4. The average Bonchev–Trinajstić information content (AvgIpc) is 2.87. The standard InChI is InChI=1S/C28H29BrN4O4/c1-2-37-26-9-6-18(13-30-31-28(36)23-12-22(29)7-8-25(23)34)10-21(26)17-32-14-19-11-20(16-32)24-4-3-5-27(35)33(24)15-19/h3-10,12-13,19-20,34H,2,11,14-17H2,1H3,(H,31,36)/b30-13+. The van der Waals surface area contributed by atoms with E-state index in [0.717, 1.165) is 55.2 Å². The number of nitrogens with one attached hydrogen (secondary N) is 1. The third kappa shape index (κ3) is 5.62. The highest BCUT2D eigenvalue weighted by Gasteiger charge is 2.34. The van der Waals surface area contributed by atoms with E-state index in [1.165, 1.54) is 12.1 Å². The summed E-state index contributed by atoms with van der Waals surface area (Å²) in [6, 6.07) is 16.1. The van der Waals surface area contributed by atoms with Crippen LogP contribution in [0.3, 0.4) is 0 Å². The first-order valence-corrected chi connectivity index (χ1v) is 13.2. The predicted molar refractivity (Wildman–Crippen MR) is 145 cm³/mol. The van der Waals surface area contributed by atoms with Gasteiger partial charge in [-0.05, 0) is 67.3 Å². The second kappa shape index (κ2) is 10.9. The minimum absolute atomic E-state index is 0.0912. The summed E-state index contributed by atoms with van der Waals surface area (Å²) >= 11 is 3.30. The number of carbonyl (C=O) groups excluding carboxylic acids is 1. The minimum atomic E-state index is -0.500. The van der Waals surface area contributed by atoms with Crippen molar-refractivity contribution >= 4 is 28.1 Å². The fourth-order valence-corrected chi connectivity index (χ4v) is 5.74. The molecule has 1 saturated heterocycles. The Morgan fingerprint density at radius 2 is 2.05 bits per heavy atom. The summed E-state index contributed by atoms with van der Waals surface area (Å²) in [7, 11) is 0. The van der Waals surface area contributed by atoms with Gasteiger partial charge in [-0.3, -0.25) is 14.5 Å². The number of hydrogen-bond acceptors (Lipinski definition) is 6. The number of hydrogen-bond donors (Lipinski definition) is 2. The van der Waals surface area contributed by atoms with Crippen molar-refractivity contribution in [2.24, 2.45) is 11.0 Å². The Kier molecular flexibility index (Phi) is 7.43. The molecule has 2 aliphatic rings. The molecule has 8 nitrogen and oxygen atoms in total. The molecule has 1 amide bonds. The van der Waals surface area contributed by atoms with E-state index in [-0.39, 0.29) is 16.9 Å². The zero-order chi connectivity index (χ0) is 25.9. The zero-order valence-corrected chi connectivity index (χ0v) is 22.1. The van der Waals surface area contributed by atoms with Crippen molar-refractivity contribution in [2.45, 2.75) is 32.4 Å². The smallest absolute Gasteiger partial charge is 0.275 e. The van der Waals surface area contributed by atoms with Crippen LogP contribution in [0.5, 0.6) is 11.5 Å². The van der Waals surface area contributed by atoms with E-state index in [4.69, 9.17) is 4.74 Å². The van der Waals surface area contributed by atoms with E-state index in [9.17, 15) is 14.7 Å². The molecular weight excluding hydrogens is 536 g/mol. The first-order valence-electron chi connectivity index (χ1n) is 12.4. The third-order valence-corrected chi connectivity index (χ3v) is 7.41. The number of nitrogens with zero attached hydrogens (tertiary/aromatic N) is 3. The Labute approximate surface area is 223 Å². The number of fused-ring (bicyclic) bond motifs is 4. The van der Waals surface area contributed by atoms with Crippen LogP contribution in [0.25, 0.3) is 0 Å². The van der Waals surface area contributed by atoms with Crippen molar-refractivity contribution in [3.63, 3.8) is 0 Å². The molecule has 5 rings (SSSR count). The van der Waals surface area contributed by atoms with Gasteiger partial charge >= 0.3 is 0 Å². The summed E-state index contributed by atoms with van der Waals surface area (Å²) in [4.78, 5) is 27.2. The number of piperidine rings is 1. The summed E-state index contributed by atoms with van der Waals surface area (Å²) in [6.07, 6.45) is 2.69. The lowest BCUT2D eigenvalue weighted by Crippen LogP contribution is -2.46. The molecule has 2 bridgehead atoms. The Balaban J connectivity index is 1.31. The fraction of sp³-hybridized carbons (Fsp3) is 0.321. The van der Waals surface area contributed by atoms with Gasteiger partial charge in [0.05, 0.1) is 18.4 Å². The number of phenols is 1. The summed E-state index contributed by atoms with van der Waals surface area (Å²) in [5.41, 5.74) is 5.71. The number of carbonyl (C=O) groups is 1. The van der Waals surface area contributed by atoms with Gasteiger partial charge in [0.1, 0.15) is 11.5 Å². The average molecular weight is 565 g/mol. The molecule has 37 heavy (non-hydrogen) atoms. The number of hydrazone groups is 1. The van der Waals surface area contributed by atoms with Gasteiger partial charge in [0.25, 0.3) is 11.5 Å². The molecule has 1 aromatic heterocycles. The Hall–Kier alpha value is -3.43. The summed E-state index contributed by atoms with van der Waals surface area (Å²) in [6.45, 7) is 5.82. The van der Waals surface area contributed by atoms with E-state index >= 15 is 0 Å². The Bertz CT molecular complexity index is 1400. The number of ether oxygens (including phenoxy) is 1. The lowest BCUT2D eigenvalue weighted by atomic mass is 9.83. The van der Waals surface area contributed by atoms with Gasteiger partial charge in [-0.15, -0.1) is 0 Å². The van der Waals surface area contributed by atoms with Crippen molar-refractivity contribution in [3.05, 3.63) is 91.8 Å². The van der Waals surface area contributed by atoms with E-state index in [1.807, 2.05) is 35.8 Å². The van der Waals surface area contributed by atoms with Crippen LogP contribution in [-0.4, -0.2) is 46.4 Å². The van der Waals surface area contributed by atoms with Crippen LogP contribution in [0, 0.1) is 5.92 Å². The first-order chi connectivity index (χ1) is 17.9. The predicted octanol–water partition coefficient (Wildman–Crippen LogP) is 4.10. The van der Waals surface area contributed by atoms with Crippen LogP contribution in [0.15, 0.2) is 69.0 Å². The number of aromatic hydroxyl groups is 1. The number of phenolic OH excluding ortho intramolecular Hbond substituents is 1. The third-order valence-electron chi connectivity index (χ3n) is 6.92. The van der Waals surface area contributed by atoms with Crippen molar-refractivity contribution in [3.8, 4) is 11.5 Å². The molecule has 192 valence electrons. The van der Waals surface area contributed by atoms with Crippen LogP contribution in [0.2, 0.25) is 0 Å². The van der Waals surface area contributed by atoms with Crippen molar-refractivity contribution in [1.29, 1.82) is 0 Å². The van der Waals surface area contributed by atoms with Crippen molar-refractivity contribution in [1.82, 2.24) is 14.9 Å². The minimum Gasteiger partial charge on any atom is -0.507 e. The van der Waals surface area contributed by atoms with Crippen LogP contribution in [-0.2, 0) is 13.1 Å².